The van der Waals surface area contributed by atoms with Crippen LogP contribution in [0.2, 0.25) is 0 Å². The molecule has 12 aromatic carbocycles. The molecule has 0 aliphatic rings. The largest absolute Gasteiger partial charge is 4.00 e. The van der Waals surface area contributed by atoms with Crippen LogP contribution in [0.5, 0.6) is 0 Å². The van der Waals surface area contributed by atoms with E-state index >= 15 is 0 Å². The van der Waals surface area contributed by atoms with E-state index in [0.717, 1.165) is 64.6 Å². The number of carbonyl (C=O) groups is 6. The van der Waals surface area contributed by atoms with E-state index in [1.165, 1.54) is 0 Å². The van der Waals surface area contributed by atoms with E-state index in [2.05, 4.69) is 0 Å². The Hall–Kier alpha value is -7.17. The summed E-state index contributed by atoms with van der Waals surface area (Å²) in [6, 6.07) is 74.9. The van der Waals surface area contributed by atoms with Crippen LogP contribution in [0.1, 0.15) is 145 Å². The fourth-order valence-electron chi connectivity index (χ4n) is 8.42. The molecule has 0 unspecified atom stereocenters. The molecule has 588 valence electrons. The fourth-order valence-corrected chi connectivity index (χ4v) is 8.42. The van der Waals surface area contributed by atoms with Crippen LogP contribution >= 0.6 is 0 Å². The van der Waals surface area contributed by atoms with Crippen molar-refractivity contribution in [1.29, 1.82) is 0 Å². The van der Waals surface area contributed by atoms with Gasteiger partial charge in [0.2, 0.25) is 0 Å². The molecule has 0 N–H and O–H groups in total. The summed E-state index contributed by atoms with van der Waals surface area (Å²) in [5, 5.41) is 131. The van der Waals surface area contributed by atoms with Gasteiger partial charge in [0.15, 0.2) is 0 Å². The molecule has 0 aromatic heterocycles. The zero-order valence-corrected chi connectivity index (χ0v) is 73.9. The van der Waals surface area contributed by atoms with Gasteiger partial charge in [0, 0.05) is 33.4 Å². The van der Waals surface area contributed by atoms with Gasteiger partial charge in [-0.15, -0.1) is 36.6 Å². The summed E-state index contributed by atoms with van der Waals surface area (Å²) in [4.78, 5) is 64.2. The second-order valence-electron chi connectivity index (χ2n) is 23.2. The quantitative estimate of drug-likeness (QED) is 0.197. The zero-order valence-electron chi connectivity index (χ0n) is 64.5. The van der Waals surface area contributed by atoms with Crippen LogP contribution in [0.3, 0.4) is 0 Å². The molecular weight excluding hydrogens is 1680 g/mol. The van der Waals surface area contributed by atoms with Gasteiger partial charge in [-0.25, -0.2) is 0 Å². The Bertz CT molecular complexity index is 3760. The van der Waals surface area contributed by atoms with Crippen molar-refractivity contribution in [2.75, 3.05) is 0 Å². The fraction of sp³-hybridized carbons (Fsp3) is 0.214. The minimum absolute atomic E-state index is 0. The van der Waals surface area contributed by atoms with Gasteiger partial charge in [0.1, 0.15) is 0 Å². The number of rotatable bonds is 6. The molecule has 12 aromatic rings. The number of aromatic carboxylic acids is 6. The first-order valence-corrected chi connectivity index (χ1v) is 32.2. The molecule has 0 saturated heterocycles. The second-order valence-corrected chi connectivity index (χ2v) is 23.2. The van der Waals surface area contributed by atoms with Crippen molar-refractivity contribution in [3.63, 3.8) is 0 Å². The molecule has 30 heteroatoms. The van der Waals surface area contributed by atoms with Crippen LogP contribution in [-0.2, 0) is 163 Å². The average Bonchev–Trinajstić information content (AvgIpc) is 0.871. The van der Waals surface area contributed by atoms with E-state index in [0.29, 0.717) is 0 Å². The molecule has 0 heterocycles. The van der Waals surface area contributed by atoms with Gasteiger partial charge in [-0.05, 0) is 64.6 Å². The summed E-state index contributed by atoms with van der Waals surface area (Å²) >= 11 is 0. The molecule has 0 spiro atoms. The Balaban J connectivity index is -0.000000102. The van der Waals surface area contributed by atoms with Gasteiger partial charge in [0.05, 0.1) is 35.8 Å². The molecule has 0 amide bonds. The van der Waals surface area contributed by atoms with Gasteiger partial charge < -0.3 is 123 Å². The Labute approximate surface area is 754 Å². The number of hydrogen-bond acceptors (Lipinski definition) is 18. The van der Waals surface area contributed by atoms with Crippen molar-refractivity contribution in [2.24, 2.45) is 0 Å². The van der Waals surface area contributed by atoms with E-state index < -0.39 is 72.4 Å². The summed E-state index contributed by atoms with van der Waals surface area (Å²) in [7, 11) is 0. The maximum atomic E-state index is 10.7. The number of carboxylic acids is 6. The SMILES string of the molecule is CC(C)[O-].CC(C)[O-].CC(C)[O-].CC(C)[O-].CC(C)[O-].CC(C)[O-].O=C([O-])c1cccc2ccccc12.O=C([O-])c1cccc2ccccc12.O=C([O-])c1cccc2ccccc12.O=C([O-])c1cccc2ccccc12.O=C([O-])c1cccc2ccccc12.O=C([O-])c1cccc2ccccc12.[O-2].[O-2].[O-2].[O-2].[O-2].[O-2].[Ti+4].[Ti+4].[Ti+4].[Ti+4].[Ti+4].[Ti+4]. The van der Waals surface area contributed by atoms with Gasteiger partial charge in [0.25, 0.3) is 0 Å². The smallest absolute Gasteiger partial charge is 2.00 e. The van der Waals surface area contributed by atoms with Crippen LogP contribution in [0.4, 0.5) is 0 Å². The Kier molecular flexibility index (Phi) is 87.1. The predicted molar refractivity (Wildman–Crippen MR) is 385 cm³/mol. The van der Waals surface area contributed by atoms with Crippen molar-refractivity contribution >= 4 is 100 Å². The second kappa shape index (κ2) is 74.6. The molecule has 0 radical (unpaired) electrons. The van der Waals surface area contributed by atoms with Crippen molar-refractivity contribution < 1.29 is 253 Å². The average molecular weight is 1760 g/mol. The summed E-state index contributed by atoms with van der Waals surface area (Å²) in [5.41, 5.74) is 1.49. The molecule has 114 heavy (non-hydrogen) atoms. The minimum Gasteiger partial charge on any atom is -2.00 e. The summed E-state index contributed by atoms with van der Waals surface area (Å²) in [6.45, 7) is 19.3. The van der Waals surface area contributed by atoms with E-state index in [-0.39, 0.29) is 197 Å². The third kappa shape index (κ3) is 55.4. The predicted octanol–water partition coefficient (Wildman–Crippen LogP) is 5.02. The van der Waals surface area contributed by atoms with Gasteiger partial charge >= 0.3 is 130 Å². The number of hydrogen-bond donors (Lipinski definition) is 0. The van der Waals surface area contributed by atoms with Crippen LogP contribution in [0.15, 0.2) is 255 Å². The molecule has 0 aliphatic carbocycles. The first kappa shape index (κ1) is 133. The normalized spacial score (nSPS) is 8.84. The summed E-state index contributed by atoms with van der Waals surface area (Å²) in [6.07, 6.45) is -2.50. The van der Waals surface area contributed by atoms with Crippen molar-refractivity contribution in [3.05, 3.63) is 288 Å². The number of carbonyl (C=O) groups excluding carboxylic acids is 6. The molecule has 0 aliphatic heterocycles. The monoisotopic (exact) mass is 1760 g/mol. The number of fused-ring (bicyclic) bond motifs is 6. The molecule has 0 fully saturated rings. The van der Waals surface area contributed by atoms with Crippen molar-refractivity contribution in [1.82, 2.24) is 0 Å². The van der Waals surface area contributed by atoms with E-state index in [1.54, 1.807) is 192 Å². The number of benzene rings is 12. The molecule has 0 saturated carbocycles. The summed E-state index contributed by atoms with van der Waals surface area (Å²) in [5.74, 6) is -6.77. The first-order valence-electron chi connectivity index (χ1n) is 32.2. The topological polar surface area (TPSA) is 550 Å². The van der Waals surface area contributed by atoms with Gasteiger partial charge in [-0.1, -0.05) is 338 Å². The standard InChI is InChI=1S/6C11H8O2.6C3H7O.6O.6Ti/c6*12-11(13)10-7-3-5-8-4-1-2-6-9(8)10;6*1-3(2)4;;;;;;;;;;;;/h6*1-7H,(H,12,13);6*3H,1-2H3;;;;;;;;;;;;/q;;;;;;6*-1;6*-2;6*+4/p-6. The Morgan fingerprint density at radius 2 is 0.254 bits per heavy atom. The van der Waals surface area contributed by atoms with Crippen molar-refractivity contribution in [3.8, 4) is 0 Å². The Morgan fingerprint density at radius 3 is 0.342 bits per heavy atom. The molecule has 24 nitrogen and oxygen atoms in total. The minimum atomic E-state index is -1.13. The van der Waals surface area contributed by atoms with E-state index in [9.17, 15) is 90.0 Å². The van der Waals surface area contributed by atoms with Crippen LogP contribution < -0.4 is 61.3 Å². The van der Waals surface area contributed by atoms with Gasteiger partial charge in [-0.3, -0.25) is 0 Å². The Morgan fingerprint density at radius 1 is 0.175 bits per heavy atom. The van der Waals surface area contributed by atoms with E-state index in [1.807, 2.05) is 146 Å². The maximum Gasteiger partial charge on any atom is 4.00 e. The zero-order chi connectivity index (χ0) is 77.0. The van der Waals surface area contributed by atoms with Crippen LogP contribution in [0, 0.1) is 0 Å². The van der Waals surface area contributed by atoms with Gasteiger partial charge in [-0.2, -0.15) is 0 Å². The first-order chi connectivity index (χ1) is 48.1. The molecule has 0 bridgehead atoms. The van der Waals surface area contributed by atoms with Crippen LogP contribution in [-0.4, -0.2) is 72.4 Å². The number of carboxylic acid groups (broad SMARTS) is 6. The third-order valence-electron chi connectivity index (χ3n) is 12.1. The van der Waals surface area contributed by atoms with E-state index in [4.69, 9.17) is 0 Å². The molecule has 0 atom stereocenters. The van der Waals surface area contributed by atoms with Crippen LogP contribution in [0.25, 0.3) is 64.6 Å². The maximum absolute atomic E-state index is 10.7. The third-order valence-corrected chi connectivity index (χ3v) is 12.1. The van der Waals surface area contributed by atoms with Crippen molar-refractivity contribution in [2.45, 2.75) is 120 Å². The molecular formula is C84H84O24Ti6. The summed E-state index contributed by atoms with van der Waals surface area (Å²) < 4.78 is 0. The molecule has 12 rings (SSSR count).